The Bertz CT molecular complexity index is 369. The largest absolute Gasteiger partial charge is 0.507 e. The average molecular weight is 356 g/mol. The van der Waals surface area contributed by atoms with Gasteiger partial charge in [-0.25, -0.2) is 0 Å². The highest BCUT2D eigenvalue weighted by atomic mass is 127. The predicted molar refractivity (Wildman–Crippen MR) is 50.8 cm³/mol. The predicted octanol–water partition coefficient (Wildman–Crippen LogP) is 4.03. The van der Waals surface area contributed by atoms with Crippen molar-refractivity contribution in [3.05, 3.63) is 26.8 Å². The molecule has 0 radical (unpaired) electrons. The van der Waals surface area contributed by atoms with Gasteiger partial charge in [-0.15, -0.1) is 0 Å². The highest BCUT2D eigenvalue weighted by Crippen LogP contribution is 2.46. The second-order valence-electron chi connectivity index (χ2n) is 2.81. The minimum Gasteiger partial charge on any atom is -0.507 e. The first kappa shape index (κ1) is 13.4. The number of phenols is 1. The molecule has 1 aromatic rings. The summed E-state index contributed by atoms with van der Waals surface area (Å²) in [7, 11) is 0. The van der Waals surface area contributed by atoms with Crippen molar-refractivity contribution in [2.75, 3.05) is 0 Å². The summed E-state index contributed by atoms with van der Waals surface area (Å²) in [6, 6.07) is 1.35. The lowest BCUT2D eigenvalue weighted by atomic mass is 10.1. The number of phenolic OH excluding ortho intramolecular Hbond substituents is 1. The van der Waals surface area contributed by atoms with E-state index in [0.29, 0.717) is 6.07 Å². The van der Waals surface area contributed by atoms with Gasteiger partial charge in [0.25, 0.3) is 0 Å². The van der Waals surface area contributed by atoms with Crippen LogP contribution in [-0.4, -0.2) is 5.11 Å². The third-order valence-corrected chi connectivity index (χ3v) is 2.60. The fourth-order valence-electron chi connectivity index (χ4n) is 1.13. The van der Waals surface area contributed by atoms with Gasteiger partial charge in [0.1, 0.15) is 11.3 Å². The number of rotatable bonds is 0. The number of benzene rings is 1. The summed E-state index contributed by atoms with van der Waals surface area (Å²) in [5.74, 6) is -1.43. The highest BCUT2D eigenvalue weighted by molar-refractivity contribution is 14.1. The molecule has 0 amide bonds. The Hall–Kier alpha value is -0.670. The molecule has 0 bridgehead atoms. The van der Waals surface area contributed by atoms with Gasteiger partial charge < -0.3 is 5.11 Å². The average Bonchev–Trinajstić information content (AvgIpc) is 2.04. The van der Waals surface area contributed by atoms with Gasteiger partial charge in [-0.05, 0) is 34.7 Å². The molecule has 0 saturated heterocycles. The van der Waals surface area contributed by atoms with E-state index in [0.717, 1.165) is 28.7 Å². The van der Waals surface area contributed by atoms with Crippen LogP contribution in [0.2, 0.25) is 0 Å². The summed E-state index contributed by atoms with van der Waals surface area (Å²) in [5.41, 5.74) is -3.91. The number of alkyl halides is 6. The SMILES string of the molecule is Oc1ccc(I)c(C(F)(F)F)c1C(F)(F)F. The van der Waals surface area contributed by atoms with E-state index in [4.69, 9.17) is 5.11 Å². The van der Waals surface area contributed by atoms with Crippen LogP contribution >= 0.6 is 22.6 Å². The molecule has 0 unspecified atom stereocenters. The van der Waals surface area contributed by atoms with E-state index in [2.05, 4.69) is 0 Å². The quantitative estimate of drug-likeness (QED) is 0.550. The van der Waals surface area contributed by atoms with Crippen molar-refractivity contribution in [1.82, 2.24) is 0 Å². The summed E-state index contributed by atoms with van der Waals surface area (Å²) in [4.78, 5) is 0. The summed E-state index contributed by atoms with van der Waals surface area (Å²) < 4.78 is 73.7. The Kier molecular flexibility index (Phi) is 3.32. The Balaban J connectivity index is 3.64. The van der Waals surface area contributed by atoms with Gasteiger partial charge in [-0.3, -0.25) is 0 Å². The van der Waals surface area contributed by atoms with Crippen LogP contribution in [0.25, 0.3) is 0 Å². The Labute approximate surface area is 99.2 Å². The van der Waals surface area contributed by atoms with Crippen LogP contribution in [0.3, 0.4) is 0 Å². The summed E-state index contributed by atoms with van der Waals surface area (Å²) >= 11 is 1.14. The number of halogens is 7. The molecule has 1 aromatic carbocycles. The van der Waals surface area contributed by atoms with Crippen LogP contribution in [0.15, 0.2) is 12.1 Å². The van der Waals surface area contributed by atoms with Crippen LogP contribution in [0, 0.1) is 3.57 Å². The molecular weight excluding hydrogens is 353 g/mol. The van der Waals surface area contributed by atoms with Crippen molar-refractivity contribution in [1.29, 1.82) is 0 Å². The Morgan fingerprint density at radius 1 is 0.875 bits per heavy atom. The molecule has 0 aromatic heterocycles. The fourth-order valence-corrected chi connectivity index (χ4v) is 1.89. The van der Waals surface area contributed by atoms with Crippen LogP contribution in [-0.2, 0) is 12.4 Å². The maximum absolute atomic E-state index is 12.4. The van der Waals surface area contributed by atoms with E-state index in [-0.39, 0.29) is 0 Å². The molecule has 90 valence electrons. The third kappa shape index (κ3) is 2.53. The van der Waals surface area contributed by atoms with Gasteiger partial charge in [-0.1, -0.05) is 0 Å². The molecule has 1 N–H and O–H groups in total. The van der Waals surface area contributed by atoms with E-state index < -0.39 is 32.8 Å². The molecular formula is C8H3F6IO. The van der Waals surface area contributed by atoms with Gasteiger partial charge in [-0.2, -0.15) is 26.3 Å². The molecule has 1 nitrogen and oxygen atoms in total. The molecule has 0 aliphatic heterocycles. The van der Waals surface area contributed by atoms with Gasteiger partial charge in [0.05, 0.1) is 5.56 Å². The minimum atomic E-state index is -5.25. The number of hydrogen-bond acceptors (Lipinski definition) is 1. The van der Waals surface area contributed by atoms with E-state index in [1.54, 1.807) is 0 Å². The third-order valence-electron chi connectivity index (χ3n) is 1.70. The molecule has 8 heteroatoms. The number of aromatic hydroxyl groups is 1. The fraction of sp³-hybridized carbons (Fsp3) is 0.250. The van der Waals surface area contributed by atoms with Crippen molar-refractivity contribution < 1.29 is 31.4 Å². The van der Waals surface area contributed by atoms with Crippen molar-refractivity contribution in [2.45, 2.75) is 12.4 Å². The van der Waals surface area contributed by atoms with Crippen LogP contribution in [0.5, 0.6) is 5.75 Å². The van der Waals surface area contributed by atoms with Crippen molar-refractivity contribution in [3.63, 3.8) is 0 Å². The number of hydrogen-bond donors (Lipinski definition) is 1. The highest BCUT2D eigenvalue weighted by Gasteiger charge is 2.46. The van der Waals surface area contributed by atoms with E-state index >= 15 is 0 Å². The standard InChI is InChI=1S/C8H3F6IO/c9-7(10,11)5-3(15)1-2-4(16)6(5)8(12,13)14/h1-2,16H. The zero-order chi connectivity index (χ0) is 12.7. The monoisotopic (exact) mass is 356 g/mol. The van der Waals surface area contributed by atoms with Crippen LogP contribution in [0.4, 0.5) is 26.3 Å². The van der Waals surface area contributed by atoms with Gasteiger partial charge in [0.2, 0.25) is 0 Å². The van der Waals surface area contributed by atoms with Crippen molar-refractivity contribution in [2.24, 2.45) is 0 Å². The molecule has 0 spiro atoms. The smallest absolute Gasteiger partial charge is 0.420 e. The minimum absolute atomic E-state index is 0.583. The first-order valence-electron chi connectivity index (χ1n) is 3.71. The molecule has 16 heavy (non-hydrogen) atoms. The van der Waals surface area contributed by atoms with Gasteiger partial charge in [0, 0.05) is 3.57 Å². The zero-order valence-corrected chi connectivity index (χ0v) is 9.41. The summed E-state index contributed by atoms with van der Waals surface area (Å²) in [6.45, 7) is 0. The lowest BCUT2D eigenvalue weighted by molar-refractivity contribution is -0.163. The normalized spacial score (nSPS) is 12.9. The Morgan fingerprint density at radius 3 is 1.62 bits per heavy atom. The molecule has 0 atom stereocenters. The van der Waals surface area contributed by atoms with E-state index in [1.807, 2.05) is 0 Å². The molecule has 0 saturated carbocycles. The molecule has 0 aliphatic carbocycles. The maximum Gasteiger partial charge on any atom is 0.420 e. The second-order valence-corrected chi connectivity index (χ2v) is 3.97. The van der Waals surface area contributed by atoms with Crippen LogP contribution < -0.4 is 0 Å². The van der Waals surface area contributed by atoms with Crippen molar-refractivity contribution >= 4 is 22.6 Å². The van der Waals surface area contributed by atoms with E-state index in [1.165, 1.54) is 0 Å². The molecule has 0 aliphatic rings. The Morgan fingerprint density at radius 2 is 1.31 bits per heavy atom. The lowest BCUT2D eigenvalue weighted by Crippen LogP contribution is -2.18. The van der Waals surface area contributed by atoms with Crippen LogP contribution in [0.1, 0.15) is 11.1 Å². The topological polar surface area (TPSA) is 20.2 Å². The first-order valence-corrected chi connectivity index (χ1v) is 4.79. The zero-order valence-electron chi connectivity index (χ0n) is 7.25. The van der Waals surface area contributed by atoms with Gasteiger partial charge >= 0.3 is 12.4 Å². The maximum atomic E-state index is 12.4. The van der Waals surface area contributed by atoms with E-state index in [9.17, 15) is 26.3 Å². The summed E-state index contributed by atoms with van der Waals surface area (Å²) in [5, 5.41) is 8.89. The van der Waals surface area contributed by atoms with Crippen molar-refractivity contribution in [3.8, 4) is 5.75 Å². The second kappa shape index (κ2) is 3.97. The summed E-state index contributed by atoms with van der Waals surface area (Å²) in [6.07, 6.45) is -10.4. The molecule has 0 fully saturated rings. The van der Waals surface area contributed by atoms with Gasteiger partial charge in [0.15, 0.2) is 0 Å². The molecule has 1 rings (SSSR count). The first-order chi connectivity index (χ1) is 7.05. The lowest BCUT2D eigenvalue weighted by Gasteiger charge is -2.17. The molecule has 0 heterocycles.